The summed E-state index contributed by atoms with van der Waals surface area (Å²) in [6.45, 7) is 7.56. The van der Waals surface area contributed by atoms with Gasteiger partial charge in [0.25, 0.3) is 0 Å². The lowest BCUT2D eigenvalue weighted by atomic mass is 10.2. The third kappa shape index (κ3) is 4.10. The van der Waals surface area contributed by atoms with E-state index in [0.29, 0.717) is 18.4 Å². The second-order valence-corrected chi connectivity index (χ2v) is 6.84. The molecule has 1 aliphatic heterocycles. The average Bonchev–Trinajstić information content (AvgIpc) is 3.26. The van der Waals surface area contributed by atoms with Gasteiger partial charge in [-0.25, -0.2) is 0 Å². The van der Waals surface area contributed by atoms with Crippen LogP contribution in [0.3, 0.4) is 0 Å². The minimum absolute atomic E-state index is 0.00412. The third-order valence-electron chi connectivity index (χ3n) is 4.81. The lowest BCUT2D eigenvalue weighted by Gasteiger charge is -2.34. The molecule has 1 N–H and O–H groups in total. The molecule has 0 bridgehead atoms. The molecule has 1 heterocycles. The zero-order valence-corrected chi connectivity index (χ0v) is 13.9. The molecular weight excluding hydrogens is 290 g/mol. The molecule has 0 aromatic heterocycles. The molecule has 2 fully saturated rings. The highest BCUT2D eigenvalue weighted by Crippen LogP contribution is 2.39. The Morgan fingerprint density at radius 3 is 2.30 bits per heavy atom. The number of hydrogen-bond donors (Lipinski definition) is 1. The van der Waals surface area contributed by atoms with Gasteiger partial charge in [-0.2, -0.15) is 0 Å². The second-order valence-electron chi connectivity index (χ2n) is 6.84. The summed E-state index contributed by atoms with van der Waals surface area (Å²) in [4.78, 5) is 28.4. The zero-order chi connectivity index (χ0) is 16.4. The quantitative estimate of drug-likeness (QED) is 0.921. The van der Waals surface area contributed by atoms with Crippen LogP contribution in [0, 0.1) is 18.8 Å². The first-order valence-corrected chi connectivity index (χ1v) is 8.40. The lowest BCUT2D eigenvalue weighted by Crippen LogP contribution is -2.51. The van der Waals surface area contributed by atoms with Crippen molar-refractivity contribution < 1.29 is 9.59 Å². The number of nitrogens with zero attached hydrogens (tertiary/aromatic N) is 2. The van der Waals surface area contributed by atoms with E-state index in [-0.39, 0.29) is 11.8 Å². The molecule has 0 radical (unpaired) electrons. The smallest absolute Gasteiger partial charge is 0.238 e. The van der Waals surface area contributed by atoms with E-state index in [1.165, 1.54) is 5.56 Å². The van der Waals surface area contributed by atoms with Gasteiger partial charge in [-0.05, 0) is 31.4 Å². The van der Waals surface area contributed by atoms with Crippen LogP contribution in [0.15, 0.2) is 24.3 Å². The fraction of sp³-hybridized carbons (Fsp3) is 0.556. The van der Waals surface area contributed by atoms with Crippen LogP contribution in [-0.4, -0.2) is 54.3 Å². The molecule has 1 saturated heterocycles. The number of anilines is 1. The van der Waals surface area contributed by atoms with Crippen molar-refractivity contribution in [3.63, 3.8) is 0 Å². The summed E-state index contributed by atoms with van der Waals surface area (Å²) in [5.74, 6) is 1.12. The number of aryl methyl sites for hydroxylation is 1. The van der Waals surface area contributed by atoms with Gasteiger partial charge in [0.1, 0.15) is 0 Å². The monoisotopic (exact) mass is 315 g/mol. The minimum Gasteiger partial charge on any atom is -0.340 e. The van der Waals surface area contributed by atoms with Gasteiger partial charge in [0, 0.05) is 37.8 Å². The molecule has 1 aliphatic carbocycles. The van der Waals surface area contributed by atoms with Crippen molar-refractivity contribution in [1.82, 2.24) is 9.80 Å². The number of hydrogen-bond acceptors (Lipinski definition) is 3. The maximum atomic E-state index is 12.2. The summed E-state index contributed by atoms with van der Waals surface area (Å²) in [7, 11) is 0. The van der Waals surface area contributed by atoms with E-state index in [9.17, 15) is 9.59 Å². The first-order chi connectivity index (χ1) is 11.0. The molecule has 3 rings (SSSR count). The largest absolute Gasteiger partial charge is 0.340 e. The first-order valence-electron chi connectivity index (χ1n) is 8.40. The van der Waals surface area contributed by atoms with Gasteiger partial charge in [-0.3, -0.25) is 14.5 Å². The summed E-state index contributed by atoms with van der Waals surface area (Å²) in [6.07, 6.45) is 1.04. The van der Waals surface area contributed by atoms with E-state index in [1.54, 1.807) is 0 Å². The van der Waals surface area contributed by atoms with E-state index in [0.717, 1.165) is 38.3 Å². The average molecular weight is 315 g/mol. The molecule has 1 aromatic rings. The normalized spacial score (nSPS) is 24.3. The van der Waals surface area contributed by atoms with Crippen molar-refractivity contribution >= 4 is 17.5 Å². The maximum absolute atomic E-state index is 12.2. The van der Waals surface area contributed by atoms with Gasteiger partial charge in [0.05, 0.1) is 6.54 Å². The molecule has 0 unspecified atom stereocenters. The number of nitrogens with one attached hydrogen (secondary N) is 1. The van der Waals surface area contributed by atoms with Crippen LogP contribution >= 0.6 is 0 Å². The molecule has 2 atom stereocenters. The number of piperazine rings is 1. The molecule has 2 aliphatic rings. The molecular formula is C18H25N3O2. The Hall–Kier alpha value is -1.88. The minimum atomic E-state index is 0.00412. The van der Waals surface area contributed by atoms with Crippen molar-refractivity contribution in [2.45, 2.75) is 20.3 Å². The predicted octanol–water partition coefficient (Wildman–Crippen LogP) is 1.73. The van der Waals surface area contributed by atoms with E-state index < -0.39 is 0 Å². The molecule has 5 heteroatoms. The van der Waals surface area contributed by atoms with Crippen LogP contribution in [0.5, 0.6) is 0 Å². The number of amides is 2. The van der Waals surface area contributed by atoms with Crippen molar-refractivity contribution in [2.24, 2.45) is 11.8 Å². The summed E-state index contributed by atoms with van der Waals surface area (Å²) < 4.78 is 0. The predicted molar refractivity (Wildman–Crippen MR) is 90.1 cm³/mol. The van der Waals surface area contributed by atoms with Crippen LogP contribution in [0.2, 0.25) is 0 Å². The zero-order valence-electron chi connectivity index (χ0n) is 13.9. The SMILES string of the molecule is Cc1ccc(NC(=O)CN2CCN(C(=O)[C@@H]3C[C@@H]3C)CC2)cc1. The van der Waals surface area contributed by atoms with Gasteiger partial charge in [-0.1, -0.05) is 24.6 Å². The van der Waals surface area contributed by atoms with Crippen molar-refractivity contribution in [3.8, 4) is 0 Å². The van der Waals surface area contributed by atoms with Crippen molar-refractivity contribution in [3.05, 3.63) is 29.8 Å². The van der Waals surface area contributed by atoms with E-state index in [2.05, 4.69) is 17.1 Å². The first kappa shape index (κ1) is 16.0. The van der Waals surface area contributed by atoms with Crippen LogP contribution in [-0.2, 0) is 9.59 Å². The van der Waals surface area contributed by atoms with Gasteiger partial charge in [0.2, 0.25) is 11.8 Å². The van der Waals surface area contributed by atoms with Gasteiger partial charge >= 0.3 is 0 Å². The van der Waals surface area contributed by atoms with Gasteiger partial charge in [-0.15, -0.1) is 0 Å². The van der Waals surface area contributed by atoms with E-state index in [4.69, 9.17) is 0 Å². The second kappa shape index (κ2) is 6.71. The number of carbonyl (C=O) groups excluding carboxylic acids is 2. The molecule has 23 heavy (non-hydrogen) atoms. The van der Waals surface area contributed by atoms with Gasteiger partial charge < -0.3 is 10.2 Å². The fourth-order valence-corrected chi connectivity index (χ4v) is 3.07. The number of rotatable bonds is 4. The highest BCUT2D eigenvalue weighted by atomic mass is 16.2. The number of carbonyl (C=O) groups is 2. The summed E-state index contributed by atoms with van der Waals surface area (Å²) in [6, 6.07) is 7.80. The topological polar surface area (TPSA) is 52.7 Å². The Kier molecular flexibility index (Phi) is 4.66. The summed E-state index contributed by atoms with van der Waals surface area (Å²) in [5.41, 5.74) is 2.01. The third-order valence-corrected chi connectivity index (χ3v) is 4.81. The molecule has 1 aromatic carbocycles. The van der Waals surface area contributed by atoms with E-state index >= 15 is 0 Å². The summed E-state index contributed by atoms with van der Waals surface area (Å²) >= 11 is 0. The number of benzene rings is 1. The maximum Gasteiger partial charge on any atom is 0.238 e. The van der Waals surface area contributed by atoms with Crippen LogP contribution in [0.4, 0.5) is 5.69 Å². The van der Waals surface area contributed by atoms with Gasteiger partial charge in [0.15, 0.2) is 0 Å². The van der Waals surface area contributed by atoms with E-state index in [1.807, 2.05) is 36.1 Å². The fourth-order valence-electron chi connectivity index (χ4n) is 3.07. The highest BCUT2D eigenvalue weighted by Gasteiger charge is 2.41. The highest BCUT2D eigenvalue weighted by molar-refractivity contribution is 5.92. The Morgan fingerprint density at radius 2 is 1.74 bits per heavy atom. The molecule has 124 valence electrons. The Balaban J connectivity index is 1.42. The van der Waals surface area contributed by atoms with Crippen LogP contribution in [0.25, 0.3) is 0 Å². The molecule has 2 amide bonds. The standard InChI is InChI=1S/C18H25N3O2/c1-13-3-5-15(6-4-13)19-17(22)12-20-7-9-21(10-8-20)18(23)16-11-14(16)2/h3-6,14,16H,7-12H2,1-2H3,(H,19,22)/t14-,16+/m0/s1. The van der Waals surface area contributed by atoms with Crippen molar-refractivity contribution in [2.75, 3.05) is 38.0 Å². The Morgan fingerprint density at radius 1 is 1.13 bits per heavy atom. The molecule has 0 spiro atoms. The summed E-state index contributed by atoms with van der Waals surface area (Å²) in [5, 5.41) is 2.92. The molecule has 1 saturated carbocycles. The van der Waals surface area contributed by atoms with Crippen LogP contribution in [0.1, 0.15) is 18.9 Å². The Bertz CT molecular complexity index is 576. The van der Waals surface area contributed by atoms with Crippen LogP contribution < -0.4 is 5.32 Å². The lowest BCUT2D eigenvalue weighted by molar-refractivity contribution is -0.134. The molecule has 5 nitrogen and oxygen atoms in total. The van der Waals surface area contributed by atoms with Crippen molar-refractivity contribution in [1.29, 1.82) is 0 Å². The Labute approximate surface area is 137 Å².